The molecular formula is C12H12O4. The van der Waals surface area contributed by atoms with E-state index in [9.17, 15) is 9.59 Å². The molecule has 1 aromatic rings. The maximum atomic E-state index is 10.6. The van der Waals surface area contributed by atoms with Crippen LogP contribution in [0.15, 0.2) is 29.8 Å². The molecule has 0 saturated carbocycles. The summed E-state index contributed by atoms with van der Waals surface area (Å²) in [4.78, 5) is 21.1. The summed E-state index contributed by atoms with van der Waals surface area (Å²) in [6.45, 7) is 0. The molecule has 1 rings (SSSR count). The van der Waals surface area contributed by atoms with Gasteiger partial charge in [0.25, 0.3) is 0 Å². The van der Waals surface area contributed by atoms with Gasteiger partial charge in [0.1, 0.15) is 12.0 Å². The van der Waals surface area contributed by atoms with E-state index >= 15 is 0 Å². The second-order valence-corrected chi connectivity index (χ2v) is 3.18. The van der Waals surface area contributed by atoms with Crippen LogP contribution in [0.3, 0.4) is 0 Å². The molecule has 1 N–H and O–H groups in total. The van der Waals surface area contributed by atoms with E-state index in [1.165, 1.54) is 0 Å². The fraction of sp³-hybridized carbons (Fsp3) is 0.167. The van der Waals surface area contributed by atoms with E-state index in [0.717, 1.165) is 5.56 Å². The number of methoxy groups -OCH3 is 1. The van der Waals surface area contributed by atoms with Crippen LogP contribution in [0.5, 0.6) is 5.75 Å². The Kier molecular flexibility index (Phi) is 4.27. The molecule has 0 saturated heterocycles. The minimum Gasteiger partial charge on any atom is -0.497 e. The van der Waals surface area contributed by atoms with E-state index in [4.69, 9.17) is 9.84 Å². The van der Waals surface area contributed by atoms with Crippen molar-refractivity contribution < 1.29 is 19.4 Å². The summed E-state index contributed by atoms with van der Waals surface area (Å²) in [6.07, 6.45) is 1.83. The Morgan fingerprint density at radius 3 is 2.44 bits per heavy atom. The fourth-order valence-corrected chi connectivity index (χ4v) is 1.22. The van der Waals surface area contributed by atoms with Gasteiger partial charge in [-0.25, -0.2) is 0 Å². The molecule has 0 radical (unpaired) electrons. The van der Waals surface area contributed by atoms with Crippen LogP contribution in [0.25, 0.3) is 6.08 Å². The van der Waals surface area contributed by atoms with Crippen molar-refractivity contribution in [2.24, 2.45) is 0 Å². The highest BCUT2D eigenvalue weighted by molar-refractivity contribution is 5.88. The van der Waals surface area contributed by atoms with Gasteiger partial charge < -0.3 is 9.84 Å². The van der Waals surface area contributed by atoms with Gasteiger partial charge in [-0.3, -0.25) is 9.59 Å². The van der Waals surface area contributed by atoms with E-state index in [0.29, 0.717) is 12.0 Å². The Bertz CT molecular complexity index is 404. The fourth-order valence-electron chi connectivity index (χ4n) is 1.22. The molecule has 0 atom stereocenters. The van der Waals surface area contributed by atoms with E-state index in [1.54, 1.807) is 37.5 Å². The highest BCUT2D eigenvalue weighted by atomic mass is 16.5. The number of aliphatic carboxylic acids is 1. The molecule has 0 aliphatic rings. The third-order valence-electron chi connectivity index (χ3n) is 1.97. The lowest BCUT2D eigenvalue weighted by molar-refractivity contribution is -0.136. The average Bonchev–Trinajstić information content (AvgIpc) is 2.28. The molecule has 4 nitrogen and oxygen atoms in total. The van der Waals surface area contributed by atoms with E-state index in [-0.39, 0.29) is 12.0 Å². The Hall–Kier alpha value is -2.10. The van der Waals surface area contributed by atoms with Crippen molar-refractivity contribution in [1.82, 2.24) is 0 Å². The molecule has 0 bridgehead atoms. The number of hydrogen-bond acceptors (Lipinski definition) is 3. The van der Waals surface area contributed by atoms with Gasteiger partial charge in [-0.2, -0.15) is 0 Å². The van der Waals surface area contributed by atoms with E-state index in [2.05, 4.69) is 0 Å². The summed E-state index contributed by atoms with van der Waals surface area (Å²) in [5.41, 5.74) is 1.00. The minimum absolute atomic E-state index is 0.234. The number of ether oxygens (including phenoxy) is 1. The van der Waals surface area contributed by atoms with E-state index < -0.39 is 5.97 Å². The zero-order valence-electron chi connectivity index (χ0n) is 8.84. The van der Waals surface area contributed by atoms with Crippen molar-refractivity contribution in [2.75, 3.05) is 7.11 Å². The number of aldehydes is 1. The van der Waals surface area contributed by atoms with Crippen LogP contribution in [-0.2, 0) is 9.59 Å². The summed E-state index contributed by atoms with van der Waals surface area (Å²) < 4.78 is 4.98. The zero-order valence-corrected chi connectivity index (χ0v) is 8.84. The van der Waals surface area contributed by atoms with Crippen molar-refractivity contribution in [2.45, 2.75) is 6.42 Å². The summed E-state index contributed by atoms with van der Waals surface area (Å²) >= 11 is 0. The third-order valence-corrected chi connectivity index (χ3v) is 1.97. The number of rotatable bonds is 5. The summed E-state index contributed by atoms with van der Waals surface area (Å²) in [6, 6.07) is 7.00. The lowest BCUT2D eigenvalue weighted by Crippen LogP contribution is -1.98. The van der Waals surface area contributed by atoms with Crippen LogP contribution >= 0.6 is 0 Å². The number of carboxylic acid groups (broad SMARTS) is 1. The smallest absolute Gasteiger partial charge is 0.307 e. The topological polar surface area (TPSA) is 63.6 Å². The molecule has 84 valence electrons. The summed E-state index contributed by atoms with van der Waals surface area (Å²) in [5.74, 6) is -0.310. The second-order valence-electron chi connectivity index (χ2n) is 3.18. The van der Waals surface area contributed by atoms with Gasteiger partial charge in [-0.15, -0.1) is 0 Å². The molecule has 4 heteroatoms. The molecule has 0 fully saturated rings. The molecule has 0 heterocycles. The van der Waals surface area contributed by atoms with E-state index in [1.807, 2.05) is 0 Å². The van der Waals surface area contributed by atoms with Crippen LogP contribution in [0.1, 0.15) is 12.0 Å². The minimum atomic E-state index is -1.02. The molecular weight excluding hydrogens is 208 g/mol. The molecule has 0 aromatic heterocycles. The molecule has 0 amide bonds. The molecule has 1 aromatic carbocycles. The maximum absolute atomic E-state index is 10.6. The predicted octanol–water partition coefficient (Wildman–Crippen LogP) is 1.75. The largest absolute Gasteiger partial charge is 0.497 e. The number of carboxylic acids is 1. The Morgan fingerprint density at radius 1 is 1.38 bits per heavy atom. The zero-order chi connectivity index (χ0) is 12.0. The highest BCUT2D eigenvalue weighted by Crippen LogP contribution is 2.14. The predicted molar refractivity (Wildman–Crippen MR) is 59.3 cm³/mol. The van der Waals surface area contributed by atoms with Gasteiger partial charge in [-0.05, 0) is 23.8 Å². The first-order valence-electron chi connectivity index (χ1n) is 4.67. The maximum Gasteiger partial charge on any atom is 0.307 e. The van der Waals surface area contributed by atoms with Gasteiger partial charge in [-0.1, -0.05) is 12.1 Å². The van der Waals surface area contributed by atoms with Gasteiger partial charge in [0.2, 0.25) is 0 Å². The van der Waals surface area contributed by atoms with Gasteiger partial charge in [0.05, 0.1) is 13.5 Å². The monoisotopic (exact) mass is 220 g/mol. The van der Waals surface area contributed by atoms with Gasteiger partial charge in [0.15, 0.2) is 0 Å². The number of carbonyl (C=O) groups excluding carboxylic acids is 1. The van der Waals surface area contributed by atoms with Crippen molar-refractivity contribution >= 4 is 18.3 Å². The van der Waals surface area contributed by atoms with Crippen molar-refractivity contribution in [3.8, 4) is 5.75 Å². The van der Waals surface area contributed by atoms with Crippen LogP contribution in [0.2, 0.25) is 0 Å². The average molecular weight is 220 g/mol. The van der Waals surface area contributed by atoms with Crippen LogP contribution in [-0.4, -0.2) is 24.5 Å². The molecule has 0 aliphatic carbocycles. The Labute approximate surface area is 93.2 Å². The molecule has 0 spiro atoms. The first-order valence-corrected chi connectivity index (χ1v) is 4.67. The Morgan fingerprint density at radius 2 is 2.00 bits per heavy atom. The molecule has 0 unspecified atom stereocenters. The van der Waals surface area contributed by atoms with Gasteiger partial charge >= 0.3 is 5.97 Å². The third kappa shape index (κ3) is 3.57. The number of benzene rings is 1. The van der Waals surface area contributed by atoms with Crippen LogP contribution in [0, 0.1) is 0 Å². The number of carbonyl (C=O) groups is 2. The summed E-state index contributed by atoms with van der Waals surface area (Å²) in [5, 5.41) is 8.56. The first kappa shape index (κ1) is 12.0. The van der Waals surface area contributed by atoms with Crippen LogP contribution < -0.4 is 4.74 Å². The standard InChI is InChI=1S/C12H12O4/c1-16-11-4-2-9(3-5-11)6-10(8-13)7-12(14)15/h2-6,8H,7H2,1H3,(H,14,15). The van der Waals surface area contributed by atoms with Crippen molar-refractivity contribution in [3.63, 3.8) is 0 Å². The quantitative estimate of drug-likeness (QED) is 0.606. The summed E-state index contributed by atoms with van der Waals surface area (Å²) in [7, 11) is 1.56. The SMILES string of the molecule is COc1ccc(C=C(C=O)CC(=O)O)cc1. The first-order chi connectivity index (χ1) is 7.65. The number of hydrogen-bond donors (Lipinski definition) is 1. The van der Waals surface area contributed by atoms with Crippen LogP contribution in [0.4, 0.5) is 0 Å². The van der Waals surface area contributed by atoms with Crippen molar-refractivity contribution in [1.29, 1.82) is 0 Å². The normalized spacial score (nSPS) is 10.9. The highest BCUT2D eigenvalue weighted by Gasteiger charge is 2.02. The second kappa shape index (κ2) is 5.70. The van der Waals surface area contributed by atoms with Gasteiger partial charge in [0, 0.05) is 5.57 Å². The Balaban J connectivity index is 2.86. The molecule has 0 aliphatic heterocycles. The lowest BCUT2D eigenvalue weighted by atomic mass is 10.1. The lowest BCUT2D eigenvalue weighted by Gasteiger charge is -2.00. The molecule has 16 heavy (non-hydrogen) atoms. The van der Waals surface area contributed by atoms with Crippen molar-refractivity contribution in [3.05, 3.63) is 35.4 Å².